The molecule has 3 N–H and O–H groups in total. The van der Waals surface area contributed by atoms with Crippen molar-refractivity contribution in [2.75, 3.05) is 5.73 Å². The molecular weight excluding hydrogens is 363 g/mol. The number of anilines is 1. The molecule has 0 radical (unpaired) electrons. The molecular formula is C21H19FN2O2S. The number of benzene rings is 2. The quantitative estimate of drug-likeness (QED) is 0.413. The first kappa shape index (κ1) is 18.7. The highest BCUT2D eigenvalue weighted by Crippen LogP contribution is 2.39. The predicted octanol–water partition coefficient (Wildman–Crippen LogP) is 6.21. The number of hydrogen-bond acceptors (Lipinski definition) is 5. The number of aromatic nitrogens is 1. The van der Waals surface area contributed by atoms with E-state index in [0.29, 0.717) is 11.4 Å². The van der Waals surface area contributed by atoms with Crippen molar-refractivity contribution in [2.24, 2.45) is 0 Å². The summed E-state index contributed by atoms with van der Waals surface area (Å²) in [6, 6.07) is 14.9. The van der Waals surface area contributed by atoms with Gasteiger partial charge in [-0.1, -0.05) is 13.8 Å². The highest BCUT2D eigenvalue weighted by Gasteiger charge is 2.12. The largest absolute Gasteiger partial charge is 0.508 e. The lowest BCUT2D eigenvalue weighted by Gasteiger charge is -2.07. The summed E-state index contributed by atoms with van der Waals surface area (Å²) in [5.41, 5.74) is 7.64. The van der Waals surface area contributed by atoms with Crippen LogP contribution in [0.1, 0.15) is 13.8 Å². The molecule has 0 bridgehead atoms. The standard InChI is InChI=1S/C19H13FN2O2S.C2H6/c20-14-9-12(21)3-6-16(14)24-17-7-8-22-15-10-18(25-19(15)17)11-1-4-13(23)5-2-11;1-2/h1-10,23H,21H2;1-2H3. The van der Waals surface area contributed by atoms with Crippen LogP contribution in [0.15, 0.2) is 60.8 Å². The topological polar surface area (TPSA) is 68.4 Å². The molecule has 138 valence electrons. The van der Waals surface area contributed by atoms with Crippen LogP contribution in [0.2, 0.25) is 0 Å². The van der Waals surface area contributed by atoms with Crippen LogP contribution in [-0.2, 0) is 0 Å². The van der Waals surface area contributed by atoms with Gasteiger partial charge < -0.3 is 15.6 Å². The van der Waals surface area contributed by atoms with E-state index in [2.05, 4.69) is 4.98 Å². The highest BCUT2D eigenvalue weighted by atomic mass is 32.1. The SMILES string of the molecule is CC.Nc1ccc(Oc2ccnc3cc(-c4ccc(O)cc4)sc23)c(F)c1. The molecule has 4 aromatic rings. The summed E-state index contributed by atoms with van der Waals surface area (Å²) in [5, 5.41) is 9.42. The van der Waals surface area contributed by atoms with Gasteiger partial charge in [0.15, 0.2) is 11.6 Å². The van der Waals surface area contributed by atoms with Crippen LogP contribution in [0.5, 0.6) is 17.2 Å². The summed E-state index contributed by atoms with van der Waals surface area (Å²) >= 11 is 1.49. The van der Waals surface area contributed by atoms with Crippen LogP contribution in [0.4, 0.5) is 10.1 Å². The number of nitrogens with zero attached hydrogens (tertiary/aromatic N) is 1. The van der Waals surface area contributed by atoms with Crippen LogP contribution in [0.25, 0.3) is 20.7 Å². The Morgan fingerprint density at radius 2 is 1.74 bits per heavy atom. The van der Waals surface area contributed by atoms with Crippen LogP contribution < -0.4 is 10.5 Å². The van der Waals surface area contributed by atoms with E-state index in [1.54, 1.807) is 30.5 Å². The van der Waals surface area contributed by atoms with Gasteiger partial charge in [-0.25, -0.2) is 4.39 Å². The van der Waals surface area contributed by atoms with Gasteiger partial charge in [-0.3, -0.25) is 4.98 Å². The number of ether oxygens (including phenoxy) is 1. The molecule has 2 aromatic heterocycles. The second kappa shape index (κ2) is 8.05. The molecule has 0 amide bonds. The maximum Gasteiger partial charge on any atom is 0.167 e. The average Bonchev–Trinajstić information content (AvgIpc) is 3.11. The van der Waals surface area contributed by atoms with Gasteiger partial charge in [-0.15, -0.1) is 11.3 Å². The molecule has 2 heterocycles. The van der Waals surface area contributed by atoms with Crippen molar-refractivity contribution in [1.29, 1.82) is 0 Å². The Labute approximate surface area is 160 Å². The third-order valence-electron chi connectivity index (χ3n) is 3.70. The number of hydrogen-bond donors (Lipinski definition) is 2. The van der Waals surface area contributed by atoms with Gasteiger partial charge in [-0.2, -0.15) is 0 Å². The molecule has 4 rings (SSSR count). The van der Waals surface area contributed by atoms with Crippen molar-refractivity contribution >= 4 is 27.2 Å². The number of aromatic hydroxyl groups is 1. The number of phenols is 1. The highest BCUT2D eigenvalue weighted by molar-refractivity contribution is 7.22. The van der Waals surface area contributed by atoms with Gasteiger partial charge in [-0.05, 0) is 48.0 Å². The van der Waals surface area contributed by atoms with E-state index in [1.807, 2.05) is 32.0 Å². The number of nitrogen functional groups attached to an aromatic ring is 1. The Bertz CT molecular complexity index is 1060. The van der Waals surface area contributed by atoms with E-state index in [0.717, 1.165) is 20.7 Å². The lowest BCUT2D eigenvalue weighted by Crippen LogP contribution is -1.91. The number of nitrogens with two attached hydrogens (primary N) is 1. The Balaban J connectivity index is 0.00000102. The van der Waals surface area contributed by atoms with E-state index in [9.17, 15) is 9.50 Å². The van der Waals surface area contributed by atoms with Gasteiger partial charge in [0.25, 0.3) is 0 Å². The van der Waals surface area contributed by atoms with E-state index in [4.69, 9.17) is 10.5 Å². The van der Waals surface area contributed by atoms with Gasteiger partial charge in [0.05, 0.1) is 10.2 Å². The van der Waals surface area contributed by atoms with Gasteiger partial charge >= 0.3 is 0 Å². The fourth-order valence-electron chi connectivity index (χ4n) is 2.48. The first-order valence-electron chi connectivity index (χ1n) is 8.51. The molecule has 0 aliphatic carbocycles. The first-order valence-corrected chi connectivity index (χ1v) is 9.32. The molecule has 6 heteroatoms. The van der Waals surface area contributed by atoms with E-state index >= 15 is 0 Å². The minimum atomic E-state index is -0.514. The molecule has 0 unspecified atom stereocenters. The third kappa shape index (κ3) is 4.01. The Kier molecular flexibility index (Phi) is 5.57. The molecule has 0 aliphatic rings. The van der Waals surface area contributed by atoms with Crippen molar-refractivity contribution in [2.45, 2.75) is 13.8 Å². The van der Waals surface area contributed by atoms with Crippen molar-refractivity contribution < 1.29 is 14.2 Å². The van der Waals surface area contributed by atoms with Gasteiger partial charge in [0.1, 0.15) is 11.5 Å². The summed E-state index contributed by atoms with van der Waals surface area (Å²) in [6.45, 7) is 4.00. The Morgan fingerprint density at radius 1 is 1.00 bits per heavy atom. The monoisotopic (exact) mass is 382 g/mol. The van der Waals surface area contributed by atoms with Crippen molar-refractivity contribution in [3.05, 3.63) is 66.6 Å². The maximum atomic E-state index is 14.0. The molecule has 0 atom stereocenters. The minimum Gasteiger partial charge on any atom is -0.508 e. The number of rotatable bonds is 3. The second-order valence-electron chi connectivity index (χ2n) is 5.47. The summed E-state index contributed by atoms with van der Waals surface area (Å²) < 4.78 is 20.6. The van der Waals surface area contributed by atoms with Gasteiger partial charge in [0, 0.05) is 28.9 Å². The average molecular weight is 382 g/mol. The predicted molar refractivity (Wildman–Crippen MR) is 109 cm³/mol. The van der Waals surface area contributed by atoms with Crippen LogP contribution in [-0.4, -0.2) is 10.1 Å². The fourth-order valence-corrected chi connectivity index (χ4v) is 3.55. The van der Waals surface area contributed by atoms with Crippen LogP contribution in [0.3, 0.4) is 0 Å². The zero-order valence-corrected chi connectivity index (χ0v) is 15.8. The lowest BCUT2D eigenvalue weighted by atomic mass is 10.2. The van der Waals surface area contributed by atoms with E-state index < -0.39 is 5.82 Å². The number of fused-ring (bicyclic) bond motifs is 1. The minimum absolute atomic E-state index is 0.112. The van der Waals surface area contributed by atoms with Crippen LogP contribution in [0, 0.1) is 5.82 Å². The lowest BCUT2D eigenvalue weighted by molar-refractivity contribution is 0.447. The second-order valence-corrected chi connectivity index (χ2v) is 6.53. The Hall–Kier alpha value is -3.12. The van der Waals surface area contributed by atoms with Crippen molar-refractivity contribution in [3.8, 4) is 27.7 Å². The van der Waals surface area contributed by atoms with E-state index in [1.165, 1.54) is 23.5 Å². The number of pyridine rings is 1. The zero-order valence-electron chi connectivity index (χ0n) is 14.9. The van der Waals surface area contributed by atoms with Crippen molar-refractivity contribution in [3.63, 3.8) is 0 Å². The van der Waals surface area contributed by atoms with Crippen molar-refractivity contribution in [1.82, 2.24) is 4.98 Å². The summed E-state index contributed by atoms with van der Waals surface area (Å²) in [5.74, 6) is 0.344. The molecule has 0 spiro atoms. The summed E-state index contributed by atoms with van der Waals surface area (Å²) in [6.07, 6.45) is 1.63. The normalized spacial score (nSPS) is 10.3. The summed E-state index contributed by atoms with van der Waals surface area (Å²) in [4.78, 5) is 5.33. The first-order chi connectivity index (χ1) is 13.1. The molecule has 27 heavy (non-hydrogen) atoms. The fraction of sp³-hybridized carbons (Fsp3) is 0.0952. The number of phenolic OH excluding ortho intramolecular Hbond substituents is 1. The molecule has 2 aromatic carbocycles. The van der Waals surface area contributed by atoms with Crippen LogP contribution >= 0.6 is 11.3 Å². The number of halogens is 1. The number of thiophene rings is 1. The van der Waals surface area contributed by atoms with Gasteiger partial charge in [0.2, 0.25) is 0 Å². The third-order valence-corrected chi connectivity index (χ3v) is 4.89. The smallest absolute Gasteiger partial charge is 0.167 e. The molecule has 0 fully saturated rings. The maximum absolute atomic E-state index is 14.0. The Morgan fingerprint density at radius 3 is 2.44 bits per heavy atom. The summed E-state index contributed by atoms with van der Waals surface area (Å²) in [7, 11) is 0. The van der Waals surface area contributed by atoms with E-state index in [-0.39, 0.29) is 11.5 Å². The molecule has 0 saturated carbocycles. The molecule has 0 aliphatic heterocycles. The molecule has 0 saturated heterocycles. The molecule has 4 nitrogen and oxygen atoms in total. The zero-order chi connectivity index (χ0) is 19.4.